The van der Waals surface area contributed by atoms with Gasteiger partial charge in [0, 0.05) is 18.5 Å². The molecule has 0 aliphatic heterocycles. The predicted octanol–water partition coefficient (Wildman–Crippen LogP) is 5.18. The molecule has 0 heterocycles. The van der Waals surface area contributed by atoms with E-state index in [1.54, 1.807) is 18.2 Å². The molecule has 0 saturated heterocycles. The Balaban J connectivity index is 1.59. The molecule has 0 spiro atoms. The van der Waals surface area contributed by atoms with Gasteiger partial charge in [-0.15, -0.1) is 0 Å². The van der Waals surface area contributed by atoms with Gasteiger partial charge < -0.3 is 5.32 Å². The van der Waals surface area contributed by atoms with Crippen molar-refractivity contribution >= 4 is 12.0 Å². The number of hydrogen-bond acceptors (Lipinski definition) is 1. The summed E-state index contributed by atoms with van der Waals surface area (Å²) in [7, 11) is 0. The molecule has 3 aromatic carbocycles. The van der Waals surface area contributed by atoms with Gasteiger partial charge in [-0.25, -0.2) is 4.39 Å². The number of hydrogen-bond donors (Lipinski definition) is 1. The van der Waals surface area contributed by atoms with Gasteiger partial charge in [0.25, 0.3) is 0 Å². The summed E-state index contributed by atoms with van der Waals surface area (Å²) in [6.45, 7) is 0.570. The van der Waals surface area contributed by atoms with Gasteiger partial charge in [0.2, 0.25) is 5.91 Å². The van der Waals surface area contributed by atoms with Crippen molar-refractivity contribution in [2.45, 2.75) is 12.3 Å². The van der Waals surface area contributed by atoms with Crippen LogP contribution in [0.2, 0.25) is 0 Å². The first-order chi connectivity index (χ1) is 13.2. The predicted molar refractivity (Wildman–Crippen MR) is 108 cm³/mol. The fourth-order valence-corrected chi connectivity index (χ4v) is 3.04. The zero-order valence-electron chi connectivity index (χ0n) is 15.0. The van der Waals surface area contributed by atoms with Gasteiger partial charge in [-0.05, 0) is 41.3 Å². The number of rotatable bonds is 7. The number of carbonyl (C=O) groups excluding carboxylic acids is 1. The Labute approximate surface area is 159 Å². The van der Waals surface area contributed by atoms with Crippen molar-refractivity contribution in [3.05, 3.63) is 114 Å². The maximum Gasteiger partial charge on any atom is 0.243 e. The number of benzene rings is 3. The Hall–Kier alpha value is -3.20. The van der Waals surface area contributed by atoms with Gasteiger partial charge in [-0.2, -0.15) is 0 Å². The van der Waals surface area contributed by atoms with E-state index in [1.165, 1.54) is 29.3 Å². The molecule has 3 rings (SSSR count). The molecule has 0 aliphatic carbocycles. The second-order valence-corrected chi connectivity index (χ2v) is 6.34. The molecule has 27 heavy (non-hydrogen) atoms. The fourth-order valence-electron chi connectivity index (χ4n) is 3.04. The van der Waals surface area contributed by atoms with Crippen molar-refractivity contribution < 1.29 is 9.18 Å². The lowest BCUT2D eigenvalue weighted by Gasteiger charge is -2.18. The monoisotopic (exact) mass is 359 g/mol. The standard InChI is InChI=1S/C24H22FNO/c25-22-14-11-19(12-15-22)13-16-24(27)26-18-17-23(20-7-3-1-4-8-20)21-9-5-2-6-10-21/h1-16,23H,17-18H2,(H,26,27). The summed E-state index contributed by atoms with van der Waals surface area (Å²) >= 11 is 0. The van der Waals surface area contributed by atoms with Crippen molar-refractivity contribution in [1.82, 2.24) is 5.32 Å². The summed E-state index contributed by atoms with van der Waals surface area (Å²) in [5.74, 6) is -0.211. The van der Waals surface area contributed by atoms with E-state index >= 15 is 0 Å². The van der Waals surface area contributed by atoms with Gasteiger partial charge in [0.15, 0.2) is 0 Å². The summed E-state index contributed by atoms with van der Waals surface area (Å²) in [4.78, 5) is 12.1. The van der Waals surface area contributed by atoms with Crippen LogP contribution in [-0.2, 0) is 4.79 Å². The molecule has 3 heteroatoms. The first kappa shape index (κ1) is 18.6. The molecule has 136 valence electrons. The molecule has 0 unspecified atom stereocenters. The largest absolute Gasteiger partial charge is 0.353 e. The lowest BCUT2D eigenvalue weighted by Crippen LogP contribution is -2.23. The third kappa shape index (κ3) is 5.65. The van der Waals surface area contributed by atoms with Gasteiger partial charge in [0.1, 0.15) is 5.82 Å². The zero-order chi connectivity index (χ0) is 18.9. The molecule has 3 aromatic rings. The molecule has 0 radical (unpaired) electrons. The minimum Gasteiger partial charge on any atom is -0.353 e. The normalized spacial score (nSPS) is 11.0. The number of carbonyl (C=O) groups is 1. The van der Waals surface area contributed by atoms with Crippen molar-refractivity contribution in [2.24, 2.45) is 0 Å². The van der Waals surface area contributed by atoms with E-state index in [-0.39, 0.29) is 17.6 Å². The molecule has 1 amide bonds. The van der Waals surface area contributed by atoms with E-state index in [9.17, 15) is 9.18 Å². The Kier molecular flexibility index (Phi) is 6.53. The third-order valence-corrected chi connectivity index (χ3v) is 4.43. The quantitative estimate of drug-likeness (QED) is 0.579. The molecule has 0 fully saturated rings. The highest BCUT2D eigenvalue weighted by Gasteiger charge is 2.13. The Bertz CT molecular complexity index is 834. The van der Waals surface area contributed by atoms with Crippen LogP contribution < -0.4 is 5.32 Å². The maximum absolute atomic E-state index is 12.9. The molecule has 0 aliphatic rings. The highest BCUT2D eigenvalue weighted by atomic mass is 19.1. The molecule has 0 bridgehead atoms. The van der Waals surface area contributed by atoms with Gasteiger partial charge >= 0.3 is 0 Å². The SMILES string of the molecule is O=C(C=Cc1ccc(F)cc1)NCCC(c1ccccc1)c1ccccc1. The molecular weight excluding hydrogens is 337 g/mol. The van der Waals surface area contributed by atoms with Crippen LogP contribution in [0.4, 0.5) is 4.39 Å². The Morgan fingerprint density at radius 1 is 0.852 bits per heavy atom. The minimum atomic E-state index is -0.288. The van der Waals surface area contributed by atoms with Crippen LogP contribution in [-0.4, -0.2) is 12.5 Å². The Morgan fingerprint density at radius 2 is 1.41 bits per heavy atom. The van der Waals surface area contributed by atoms with Crippen LogP contribution in [0.5, 0.6) is 0 Å². The summed E-state index contributed by atoms with van der Waals surface area (Å²) < 4.78 is 12.9. The number of halogens is 1. The highest BCUT2D eigenvalue weighted by molar-refractivity contribution is 5.91. The molecular formula is C24H22FNO. The Morgan fingerprint density at radius 3 is 1.96 bits per heavy atom. The summed E-state index contributed by atoms with van der Waals surface area (Å²) in [6.07, 6.45) is 3.97. The van der Waals surface area contributed by atoms with Crippen LogP contribution in [0.25, 0.3) is 6.08 Å². The maximum atomic E-state index is 12.9. The van der Waals surface area contributed by atoms with Crippen LogP contribution in [0.15, 0.2) is 91.0 Å². The second kappa shape index (κ2) is 9.48. The first-order valence-corrected chi connectivity index (χ1v) is 9.04. The van der Waals surface area contributed by atoms with Crippen molar-refractivity contribution in [2.75, 3.05) is 6.54 Å². The average molecular weight is 359 g/mol. The van der Waals surface area contributed by atoms with E-state index in [0.29, 0.717) is 6.54 Å². The summed E-state index contributed by atoms with van der Waals surface area (Å²) in [5, 5.41) is 2.93. The average Bonchev–Trinajstić information content (AvgIpc) is 2.72. The molecule has 0 atom stereocenters. The first-order valence-electron chi connectivity index (χ1n) is 9.04. The van der Waals surface area contributed by atoms with Gasteiger partial charge in [0.05, 0.1) is 0 Å². The number of amides is 1. The molecule has 0 saturated carbocycles. The lowest BCUT2D eigenvalue weighted by atomic mass is 9.88. The van der Waals surface area contributed by atoms with E-state index in [4.69, 9.17) is 0 Å². The van der Waals surface area contributed by atoms with E-state index in [1.807, 2.05) is 36.4 Å². The van der Waals surface area contributed by atoms with Crippen LogP contribution >= 0.6 is 0 Å². The van der Waals surface area contributed by atoms with Crippen molar-refractivity contribution in [3.8, 4) is 0 Å². The fraction of sp³-hybridized carbons (Fsp3) is 0.125. The highest BCUT2D eigenvalue weighted by Crippen LogP contribution is 2.27. The number of nitrogens with one attached hydrogen (secondary N) is 1. The summed E-state index contributed by atoms with van der Waals surface area (Å²) in [5.41, 5.74) is 3.26. The van der Waals surface area contributed by atoms with Crippen LogP contribution in [0.3, 0.4) is 0 Å². The van der Waals surface area contributed by atoms with Gasteiger partial charge in [-0.3, -0.25) is 4.79 Å². The van der Waals surface area contributed by atoms with Gasteiger partial charge in [-0.1, -0.05) is 72.8 Å². The lowest BCUT2D eigenvalue weighted by molar-refractivity contribution is -0.116. The zero-order valence-corrected chi connectivity index (χ0v) is 15.0. The van der Waals surface area contributed by atoms with E-state index in [0.717, 1.165) is 12.0 Å². The third-order valence-electron chi connectivity index (χ3n) is 4.43. The van der Waals surface area contributed by atoms with Crippen LogP contribution in [0.1, 0.15) is 29.0 Å². The summed E-state index contributed by atoms with van der Waals surface area (Å²) in [6, 6.07) is 26.7. The van der Waals surface area contributed by atoms with E-state index in [2.05, 4.69) is 29.6 Å². The van der Waals surface area contributed by atoms with E-state index < -0.39 is 0 Å². The molecule has 0 aromatic heterocycles. The van der Waals surface area contributed by atoms with Crippen molar-refractivity contribution in [3.63, 3.8) is 0 Å². The second-order valence-electron chi connectivity index (χ2n) is 6.34. The minimum absolute atomic E-state index is 0.154. The molecule has 2 nitrogen and oxygen atoms in total. The smallest absolute Gasteiger partial charge is 0.243 e. The topological polar surface area (TPSA) is 29.1 Å². The van der Waals surface area contributed by atoms with Crippen molar-refractivity contribution in [1.29, 1.82) is 0 Å². The molecule has 1 N–H and O–H groups in total. The van der Waals surface area contributed by atoms with Crippen LogP contribution in [0, 0.1) is 5.82 Å².